The van der Waals surface area contributed by atoms with E-state index in [0.29, 0.717) is 15.8 Å². The third kappa shape index (κ3) is 5.91. The van der Waals surface area contributed by atoms with Crippen LogP contribution in [0.3, 0.4) is 0 Å². The quantitative estimate of drug-likeness (QED) is 0.591. The molecule has 2 N–H and O–H groups in total. The van der Waals surface area contributed by atoms with Gasteiger partial charge in [-0.1, -0.05) is 35.1 Å². The van der Waals surface area contributed by atoms with Gasteiger partial charge in [-0.15, -0.1) is 0 Å². The predicted octanol–water partition coefficient (Wildman–Crippen LogP) is 4.41. The van der Waals surface area contributed by atoms with Crippen LogP contribution in [0, 0.1) is 0 Å². The number of carbonyl (C=O) groups is 1. The van der Waals surface area contributed by atoms with E-state index >= 15 is 0 Å². The molecule has 0 radical (unpaired) electrons. The number of amides is 1. The highest BCUT2D eigenvalue weighted by atomic mass is 35.5. The lowest BCUT2D eigenvalue weighted by atomic mass is 10.2. The number of thiazole rings is 1. The number of anilines is 2. The molecule has 0 aliphatic heterocycles. The third-order valence-electron chi connectivity index (χ3n) is 2.69. The molecule has 9 heteroatoms. The van der Waals surface area contributed by atoms with Crippen LogP contribution in [0.2, 0.25) is 5.15 Å². The van der Waals surface area contributed by atoms with Crippen molar-refractivity contribution >= 4 is 46.1 Å². The van der Waals surface area contributed by atoms with E-state index in [4.69, 9.17) is 21.1 Å². The molecule has 1 amide bonds. The molecule has 0 saturated heterocycles. The Kier molecular flexibility index (Phi) is 6.22. The molecule has 0 spiro atoms. The van der Waals surface area contributed by atoms with Gasteiger partial charge in [-0.25, -0.2) is 15.2 Å². The highest BCUT2D eigenvalue weighted by Crippen LogP contribution is 2.31. The van der Waals surface area contributed by atoms with Crippen LogP contribution >= 0.6 is 22.9 Å². The number of para-hydroxylation sites is 2. The Morgan fingerprint density at radius 3 is 2.76 bits per heavy atom. The van der Waals surface area contributed by atoms with Crippen molar-refractivity contribution in [3.05, 3.63) is 34.3 Å². The number of rotatable bonds is 5. The molecule has 1 aromatic carbocycles. The lowest BCUT2D eigenvalue weighted by Gasteiger charge is -2.18. The van der Waals surface area contributed by atoms with Gasteiger partial charge >= 0.3 is 6.09 Å². The number of methoxy groups -OCH3 is 1. The number of nitrogens with one attached hydrogen (secondary N) is 2. The number of ether oxygens (including phenoxy) is 2. The highest BCUT2D eigenvalue weighted by molar-refractivity contribution is 7.17. The van der Waals surface area contributed by atoms with Crippen LogP contribution in [0.4, 0.5) is 15.6 Å². The number of halogens is 1. The minimum atomic E-state index is -0.642. The normalized spacial score (nSPS) is 11.4. The first kappa shape index (κ1) is 19.0. The van der Waals surface area contributed by atoms with Crippen LogP contribution in [-0.4, -0.2) is 30.0 Å². The zero-order valence-electron chi connectivity index (χ0n) is 14.3. The molecule has 0 atom stereocenters. The Bertz CT molecular complexity index is 771. The zero-order valence-corrected chi connectivity index (χ0v) is 15.9. The average molecular weight is 383 g/mol. The summed E-state index contributed by atoms with van der Waals surface area (Å²) >= 11 is 7.39. The van der Waals surface area contributed by atoms with Crippen molar-refractivity contribution in [3.8, 4) is 5.75 Å². The maximum Gasteiger partial charge on any atom is 0.428 e. The van der Waals surface area contributed by atoms with E-state index < -0.39 is 11.7 Å². The van der Waals surface area contributed by atoms with Crippen molar-refractivity contribution < 1.29 is 14.3 Å². The first-order valence-corrected chi connectivity index (χ1v) is 8.56. The molecule has 2 aromatic rings. The standard InChI is InChI=1S/C16H19ClN4O3S/c1-16(2,3)24-15(22)21-18-9-12-13(17)20-14(25-12)19-10-7-5-6-8-11(10)23-4/h5-9H,1-4H3,(H,19,20)(H,21,22)/b18-9+. The fraction of sp³-hybridized carbons (Fsp3) is 0.312. The van der Waals surface area contributed by atoms with E-state index in [9.17, 15) is 4.79 Å². The van der Waals surface area contributed by atoms with E-state index in [1.54, 1.807) is 27.9 Å². The number of hydrazone groups is 1. The average Bonchev–Trinajstić information content (AvgIpc) is 2.86. The molecule has 1 aromatic heterocycles. The summed E-state index contributed by atoms with van der Waals surface area (Å²) in [5, 5.41) is 7.82. The maximum atomic E-state index is 11.5. The minimum absolute atomic E-state index is 0.275. The van der Waals surface area contributed by atoms with E-state index in [1.807, 2.05) is 24.3 Å². The molecule has 0 aliphatic rings. The minimum Gasteiger partial charge on any atom is -0.495 e. The van der Waals surface area contributed by atoms with Gasteiger partial charge in [0.25, 0.3) is 0 Å². The first-order chi connectivity index (χ1) is 11.8. The summed E-state index contributed by atoms with van der Waals surface area (Å²) < 4.78 is 10.4. The smallest absolute Gasteiger partial charge is 0.428 e. The van der Waals surface area contributed by atoms with Crippen LogP contribution in [-0.2, 0) is 4.74 Å². The van der Waals surface area contributed by atoms with Gasteiger partial charge in [0.2, 0.25) is 0 Å². The molecule has 2 rings (SSSR count). The molecular weight excluding hydrogens is 364 g/mol. The number of carbonyl (C=O) groups excluding carboxylic acids is 1. The van der Waals surface area contributed by atoms with E-state index in [0.717, 1.165) is 5.69 Å². The second kappa shape index (κ2) is 8.17. The molecule has 7 nitrogen and oxygen atoms in total. The molecule has 134 valence electrons. The number of benzene rings is 1. The Hall–Kier alpha value is -2.32. The molecule has 0 saturated carbocycles. The van der Waals surface area contributed by atoms with E-state index in [-0.39, 0.29) is 5.15 Å². The lowest BCUT2D eigenvalue weighted by molar-refractivity contribution is 0.0529. The van der Waals surface area contributed by atoms with E-state index in [2.05, 4.69) is 20.8 Å². The number of hydrogen-bond acceptors (Lipinski definition) is 7. The fourth-order valence-electron chi connectivity index (χ4n) is 1.75. The predicted molar refractivity (Wildman–Crippen MR) is 100 cm³/mol. The molecule has 0 aliphatic carbocycles. The Labute approximate surface area is 155 Å². The topological polar surface area (TPSA) is 84.8 Å². The van der Waals surface area contributed by atoms with Crippen molar-refractivity contribution in [2.75, 3.05) is 12.4 Å². The molecule has 1 heterocycles. The van der Waals surface area contributed by atoms with Crippen LogP contribution in [0.5, 0.6) is 5.75 Å². The van der Waals surface area contributed by atoms with Crippen LogP contribution in [0.25, 0.3) is 0 Å². The van der Waals surface area contributed by atoms with Crippen molar-refractivity contribution in [2.24, 2.45) is 5.10 Å². The van der Waals surface area contributed by atoms with Gasteiger partial charge in [0.15, 0.2) is 10.3 Å². The number of hydrogen-bond donors (Lipinski definition) is 2. The largest absolute Gasteiger partial charge is 0.495 e. The van der Waals surface area contributed by atoms with Gasteiger partial charge < -0.3 is 14.8 Å². The monoisotopic (exact) mass is 382 g/mol. The van der Waals surface area contributed by atoms with E-state index in [1.165, 1.54) is 17.6 Å². The second-order valence-corrected chi connectivity index (χ2v) is 7.26. The van der Waals surface area contributed by atoms with Gasteiger partial charge in [0.1, 0.15) is 11.4 Å². The zero-order chi connectivity index (χ0) is 18.4. The van der Waals surface area contributed by atoms with Gasteiger partial charge in [0.05, 0.1) is 23.9 Å². The lowest BCUT2D eigenvalue weighted by Crippen LogP contribution is -2.29. The van der Waals surface area contributed by atoms with Crippen molar-refractivity contribution in [1.82, 2.24) is 10.4 Å². The summed E-state index contributed by atoms with van der Waals surface area (Å²) in [7, 11) is 1.59. The van der Waals surface area contributed by atoms with Crippen LogP contribution < -0.4 is 15.5 Å². The van der Waals surface area contributed by atoms with Crippen molar-refractivity contribution in [1.29, 1.82) is 0 Å². The molecule has 25 heavy (non-hydrogen) atoms. The van der Waals surface area contributed by atoms with Crippen molar-refractivity contribution in [3.63, 3.8) is 0 Å². The summed E-state index contributed by atoms with van der Waals surface area (Å²) in [6, 6.07) is 7.46. The molecular formula is C16H19ClN4O3S. The Morgan fingerprint density at radius 2 is 2.08 bits per heavy atom. The SMILES string of the molecule is COc1ccccc1Nc1nc(Cl)c(/C=N/NC(=O)OC(C)(C)C)s1. The third-order valence-corrected chi connectivity index (χ3v) is 4.00. The summed E-state index contributed by atoms with van der Waals surface area (Å²) in [5.41, 5.74) is 2.46. The molecule has 0 bridgehead atoms. The summed E-state index contributed by atoms with van der Waals surface area (Å²) in [4.78, 5) is 16.3. The summed E-state index contributed by atoms with van der Waals surface area (Å²) in [6.45, 7) is 5.31. The summed E-state index contributed by atoms with van der Waals surface area (Å²) in [6.07, 6.45) is 0.772. The number of aromatic nitrogens is 1. The summed E-state index contributed by atoms with van der Waals surface area (Å²) in [5.74, 6) is 0.690. The van der Waals surface area contributed by atoms with Gasteiger partial charge in [-0.3, -0.25) is 0 Å². The highest BCUT2D eigenvalue weighted by Gasteiger charge is 2.15. The van der Waals surface area contributed by atoms with Crippen LogP contribution in [0.1, 0.15) is 25.6 Å². The van der Waals surface area contributed by atoms with Crippen LogP contribution in [0.15, 0.2) is 29.4 Å². The second-order valence-electron chi connectivity index (χ2n) is 5.87. The van der Waals surface area contributed by atoms with Gasteiger partial charge in [0, 0.05) is 0 Å². The Morgan fingerprint density at radius 1 is 1.36 bits per heavy atom. The van der Waals surface area contributed by atoms with Gasteiger partial charge in [-0.05, 0) is 32.9 Å². The molecule has 0 unspecified atom stereocenters. The molecule has 0 fully saturated rings. The van der Waals surface area contributed by atoms with Crippen molar-refractivity contribution in [2.45, 2.75) is 26.4 Å². The number of nitrogens with zero attached hydrogens (tertiary/aromatic N) is 2. The van der Waals surface area contributed by atoms with Gasteiger partial charge in [-0.2, -0.15) is 5.10 Å². The Balaban J connectivity index is 2.02. The first-order valence-electron chi connectivity index (χ1n) is 7.37. The maximum absolute atomic E-state index is 11.5. The fourth-order valence-corrected chi connectivity index (χ4v) is 2.79.